The fourth-order valence-corrected chi connectivity index (χ4v) is 4.51. The molecule has 2 aliphatic heterocycles. The molecule has 4 rings (SSSR count). The second-order valence-electron chi connectivity index (χ2n) is 8.28. The highest BCUT2D eigenvalue weighted by Gasteiger charge is 2.32. The number of nitrogens with one attached hydrogen (secondary N) is 3. The highest BCUT2D eigenvalue weighted by Crippen LogP contribution is 2.26. The molecule has 3 N–H and O–H groups in total. The Bertz CT molecular complexity index is 851. The molecule has 0 aromatic heterocycles. The second-order valence-corrected chi connectivity index (χ2v) is 8.71. The lowest BCUT2D eigenvalue weighted by molar-refractivity contribution is -0.121. The molecular formula is C24H31ClN4O2. The molecule has 1 amide bonds. The number of halogens is 1. The van der Waals surface area contributed by atoms with Crippen LogP contribution in [0.2, 0.25) is 5.02 Å². The van der Waals surface area contributed by atoms with Gasteiger partial charge in [-0.3, -0.25) is 9.69 Å². The van der Waals surface area contributed by atoms with Crippen LogP contribution in [0.15, 0.2) is 48.5 Å². The summed E-state index contributed by atoms with van der Waals surface area (Å²) in [5.41, 5.74) is 9.10. The first-order valence-corrected chi connectivity index (χ1v) is 11.5. The van der Waals surface area contributed by atoms with Gasteiger partial charge in [-0.2, -0.15) is 0 Å². The number of hydrazine groups is 1. The van der Waals surface area contributed by atoms with Crippen molar-refractivity contribution in [3.63, 3.8) is 0 Å². The molecule has 31 heavy (non-hydrogen) atoms. The highest BCUT2D eigenvalue weighted by molar-refractivity contribution is 6.30. The van der Waals surface area contributed by atoms with Crippen LogP contribution >= 0.6 is 11.6 Å². The zero-order valence-electron chi connectivity index (χ0n) is 17.9. The quantitative estimate of drug-likeness (QED) is 0.613. The van der Waals surface area contributed by atoms with Crippen molar-refractivity contribution >= 4 is 17.5 Å². The van der Waals surface area contributed by atoms with E-state index >= 15 is 0 Å². The van der Waals surface area contributed by atoms with Crippen LogP contribution in [0.1, 0.15) is 43.4 Å². The first kappa shape index (κ1) is 22.1. The first-order chi connectivity index (χ1) is 15.1. The average molecular weight is 443 g/mol. The topological polar surface area (TPSA) is 65.6 Å². The lowest BCUT2D eigenvalue weighted by atomic mass is 10.0. The zero-order chi connectivity index (χ0) is 21.6. The minimum atomic E-state index is 0.0890. The van der Waals surface area contributed by atoms with Crippen LogP contribution in [0.5, 0.6) is 5.75 Å². The van der Waals surface area contributed by atoms with Gasteiger partial charge in [-0.1, -0.05) is 35.9 Å². The molecule has 0 aliphatic carbocycles. The Hall–Kier alpha value is -2.12. The van der Waals surface area contributed by atoms with Gasteiger partial charge in [0.1, 0.15) is 5.75 Å². The molecule has 7 heteroatoms. The Morgan fingerprint density at radius 1 is 1.10 bits per heavy atom. The lowest BCUT2D eigenvalue weighted by Gasteiger charge is -2.35. The van der Waals surface area contributed by atoms with Gasteiger partial charge in [-0.15, -0.1) is 0 Å². The van der Waals surface area contributed by atoms with Crippen LogP contribution < -0.4 is 20.9 Å². The SMILES string of the molecule is CCOc1ccc(CC(=O)NC2CCN(C3CC(c4ccc(Cl)cc4)NN3)CC2)cc1. The van der Waals surface area contributed by atoms with E-state index in [1.54, 1.807) is 0 Å². The van der Waals surface area contributed by atoms with Crippen molar-refractivity contribution in [2.75, 3.05) is 19.7 Å². The van der Waals surface area contributed by atoms with Gasteiger partial charge in [0.25, 0.3) is 0 Å². The van der Waals surface area contributed by atoms with Crippen LogP contribution in [-0.4, -0.2) is 42.7 Å². The Morgan fingerprint density at radius 2 is 1.81 bits per heavy atom. The Balaban J connectivity index is 1.20. The molecule has 0 bridgehead atoms. The summed E-state index contributed by atoms with van der Waals surface area (Å²) in [4.78, 5) is 14.9. The third-order valence-corrected chi connectivity index (χ3v) is 6.34. The van der Waals surface area contributed by atoms with Gasteiger partial charge in [0.2, 0.25) is 5.91 Å². The van der Waals surface area contributed by atoms with Crippen LogP contribution in [0.4, 0.5) is 0 Å². The molecule has 2 unspecified atom stereocenters. The Kier molecular flexibility index (Phi) is 7.45. The third kappa shape index (κ3) is 5.98. The number of ether oxygens (including phenoxy) is 1. The molecule has 6 nitrogen and oxygen atoms in total. The molecule has 0 saturated carbocycles. The number of rotatable bonds is 7. The number of carbonyl (C=O) groups is 1. The Morgan fingerprint density at radius 3 is 2.48 bits per heavy atom. The van der Waals surface area contributed by atoms with Crippen molar-refractivity contribution in [2.24, 2.45) is 0 Å². The zero-order valence-corrected chi connectivity index (χ0v) is 18.7. The van der Waals surface area contributed by atoms with E-state index in [2.05, 4.69) is 33.2 Å². The molecule has 2 aromatic carbocycles. The molecule has 2 aliphatic rings. The summed E-state index contributed by atoms with van der Waals surface area (Å²) in [5.74, 6) is 0.929. The maximum absolute atomic E-state index is 12.5. The molecule has 0 radical (unpaired) electrons. The number of hydrogen-bond donors (Lipinski definition) is 3. The molecular weight excluding hydrogens is 412 g/mol. The molecule has 0 spiro atoms. The van der Waals surface area contributed by atoms with Crippen LogP contribution in [0.3, 0.4) is 0 Å². The minimum Gasteiger partial charge on any atom is -0.494 e. The summed E-state index contributed by atoms with van der Waals surface area (Å²) >= 11 is 6.00. The lowest BCUT2D eigenvalue weighted by Crippen LogP contribution is -2.51. The van der Waals surface area contributed by atoms with E-state index in [4.69, 9.17) is 16.3 Å². The maximum Gasteiger partial charge on any atom is 0.224 e. The summed E-state index contributed by atoms with van der Waals surface area (Å²) in [5, 5.41) is 3.97. The van der Waals surface area contributed by atoms with E-state index < -0.39 is 0 Å². The largest absolute Gasteiger partial charge is 0.494 e. The normalized spacial score (nSPS) is 22.4. The van der Waals surface area contributed by atoms with Crippen molar-refractivity contribution < 1.29 is 9.53 Å². The number of hydrogen-bond acceptors (Lipinski definition) is 5. The number of likely N-dealkylation sites (tertiary alicyclic amines) is 1. The van der Waals surface area contributed by atoms with Gasteiger partial charge in [0.05, 0.1) is 19.2 Å². The summed E-state index contributed by atoms with van der Waals surface area (Å²) in [6.45, 7) is 4.55. The van der Waals surface area contributed by atoms with Crippen molar-refractivity contribution in [3.05, 3.63) is 64.7 Å². The summed E-state index contributed by atoms with van der Waals surface area (Å²) in [6, 6.07) is 16.3. The van der Waals surface area contributed by atoms with Crippen molar-refractivity contribution in [1.29, 1.82) is 0 Å². The van der Waals surface area contributed by atoms with Gasteiger partial charge in [-0.25, -0.2) is 10.9 Å². The van der Waals surface area contributed by atoms with E-state index in [1.165, 1.54) is 5.56 Å². The number of nitrogens with zero attached hydrogens (tertiary/aromatic N) is 1. The standard InChI is InChI=1S/C24H31ClN4O2/c1-2-31-21-9-3-17(4-10-21)15-24(30)26-20-11-13-29(14-12-20)23-16-22(27-28-23)18-5-7-19(25)8-6-18/h3-10,20,22-23,27-28H,2,11-16H2,1H3,(H,26,30). The minimum absolute atomic E-state index is 0.0890. The van der Waals surface area contributed by atoms with E-state index in [-0.39, 0.29) is 18.0 Å². The highest BCUT2D eigenvalue weighted by atomic mass is 35.5. The monoisotopic (exact) mass is 442 g/mol. The third-order valence-electron chi connectivity index (χ3n) is 6.09. The Labute approximate surface area is 189 Å². The van der Waals surface area contributed by atoms with E-state index in [1.807, 2.05) is 43.3 Å². The molecule has 2 heterocycles. The molecule has 2 atom stereocenters. The fourth-order valence-electron chi connectivity index (χ4n) is 4.38. The van der Waals surface area contributed by atoms with Crippen molar-refractivity contribution in [1.82, 2.24) is 21.1 Å². The van der Waals surface area contributed by atoms with Crippen molar-refractivity contribution in [2.45, 2.75) is 50.9 Å². The molecule has 2 saturated heterocycles. The van der Waals surface area contributed by atoms with Gasteiger partial charge < -0.3 is 10.1 Å². The van der Waals surface area contributed by atoms with E-state index in [0.717, 1.165) is 48.7 Å². The van der Waals surface area contributed by atoms with Crippen LogP contribution in [0.25, 0.3) is 0 Å². The summed E-state index contributed by atoms with van der Waals surface area (Å²) in [6.07, 6.45) is 3.67. The summed E-state index contributed by atoms with van der Waals surface area (Å²) in [7, 11) is 0. The number of benzene rings is 2. The molecule has 2 aromatic rings. The average Bonchev–Trinajstić information content (AvgIpc) is 3.26. The van der Waals surface area contributed by atoms with Crippen LogP contribution in [0, 0.1) is 0 Å². The number of piperidine rings is 1. The predicted molar refractivity (Wildman–Crippen MR) is 123 cm³/mol. The predicted octanol–water partition coefficient (Wildman–Crippen LogP) is 3.43. The van der Waals surface area contributed by atoms with E-state index in [9.17, 15) is 4.79 Å². The van der Waals surface area contributed by atoms with E-state index in [0.29, 0.717) is 19.2 Å². The van der Waals surface area contributed by atoms with Gasteiger partial charge in [-0.05, 0) is 61.6 Å². The maximum atomic E-state index is 12.5. The smallest absolute Gasteiger partial charge is 0.224 e. The number of carbonyl (C=O) groups excluding carboxylic acids is 1. The van der Waals surface area contributed by atoms with Gasteiger partial charge in [0.15, 0.2) is 0 Å². The molecule has 166 valence electrons. The van der Waals surface area contributed by atoms with Gasteiger partial charge >= 0.3 is 0 Å². The summed E-state index contributed by atoms with van der Waals surface area (Å²) < 4.78 is 5.46. The van der Waals surface area contributed by atoms with Crippen molar-refractivity contribution in [3.8, 4) is 5.75 Å². The fraction of sp³-hybridized carbons (Fsp3) is 0.458. The molecule has 2 fully saturated rings. The first-order valence-electron chi connectivity index (χ1n) is 11.1. The number of amides is 1. The van der Waals surface area contributed by atoms with Gasteiger partial charge in [0, 0.05) is 30.2 Å². The second kappa shape index (κ2) is 10.5. The van der Waals surface area contributed by atoms with Crippen LogP contribution in [-0.2, 0) is 11.2 Å².